The Balaban J connectivity index is 0.000000360. The van der Waals surface area contributed by atoms with E-state index in [1.54, 1.807) is 11.6 Å². The Bertz CT molecular complexity index is 1040. The van der Waals surface area contributed by atoms with Crippen LogP contribution in [-0.2, 0) is 0 Å². The predicted molar refractivity (Wildman–Crippen MR) is 152 cm³/mol. The van der Waals surface area contributed by atoms with Gasteiger partial charge in [0.1, 0.15) is 5.82 Å². The molecule has 188 valence electrons. The van der Waals surface area contributed by atoms with Gasteiger partial charge in [-0.05, 0) is 69.5 Å². The summed E-state index contributed by atoms with van der Waals surface area (Å²) in [5.41, 5.74) is 3.57. The molecule has 1 aromatic heterocycles. The number of rotatable bonds is 12. The molecule has 2 aromatic rings. The minimum Gasteiger partial charge on any atom is -0.370 e. The van der Waals surface area contributed by atoms with Crippen LogP contribution in [0.15, 0.2) is 80.1 Å². The number of aromatic nitrogens is 2. The van der Waals surface area contributed by atoms with E-state index in [0.29, 0.717) is 10.9 Å². The number of aryl methyl sites for hydroxylation is 1. The molecule has 35 heavy (non-hydrogen) atoms. The third-order valence-electron chi connectivity index (χ3n) is 5.51. The van der Waals surface area contributed by atoms with Gasteiger partial charge >= 0.3 is 0 Å². The molecule has 1 aromatic carbocycles. The maximum absolute atomic E-state index is 13.7. The Morgan fingerprint density at radius 2 is 2.00 bits per heavy atom. The van der Waals surface area contributed by atoms with Gasteiger partial charge in [0.15, 0.2) is 5.82 Å². The Morgan fingerprint density at radius 3 is 2.63 bits per heavy atom. The topological polar surface area (TPSA) is 41.9 Å². The molecule has 2 N–H and O–H groups in total. The number of nitrogens with zero attached hydrogens (tertiary/aromatic N) is 2. The van der Waals surface area contributed by atoms with E-state index in [4.69, 9.17) is 0 Å². The Kier molecular flexibility index (Phi) is 12.9. The van der Waals surface area contributed by atoms with E-state index in [0.717, 1.165) is 54.2 Å². The van der Waals surface area contributed by atoms with Crippen molar-refractivity contribution in [3.8, 4) is 0 Å². The fourth-order valence-electron chi connectivity index (χ4n) is 3.51. The van der Waals surface area contributed by atoms with E-state index in [1.807, 2.05) is 49.2 Å². The summed E-state index contributed by atoms with van der Waals surface area (Å²) in [5, 5.41) is 11.4. The molecule has 0 spiro atoms. The number of thioether (sulfide) groups is 1. The number of halogens is 1. The van der Waals surface area contributed by atoms with Gasteiger partial charge in [0.25, 0.3) is 0 Å². The van der Waals surface area contributed by atoms with Gasteiger partial charge in [-0.2, -0.15) is 5.10 Å². The van der Waals surface area contributed by atoms with E-state index < -0.39 is 0 Å². The first-order valence-electron chi connectivity index (χ1n) is 12.1. The van der Waals surface area contributed by atoms with Crippen molar-refractivity contribution in [2.24, 2.45) is 0 Å². The zero-order chi connectivity index (χ0) is 25.5. The summed E-state index contributed by atoms with van der Waals surface area (Å²) < 4.78 is 15.3. The van der Waals surface area contributed by atoms with E-state index in [2.05, 4.69) is 66.2 Å². The third-order valence-corrected chi connectivity index (χ3v) is 6.72. The molecule has 0 saturated heterocycles. The highest BCUT2D eigenvalue weighted by Gasteiger charge is 2.11. The summed E-state index contributed by atoms with van der Waals surface area (Å²) in [4.78, 5) is 0. The molecule has 0 radical (unpaired) electrons. The molecule has 6 heteroatoms. The lowest BCUT2D eigenvalue weighted by atomic mass is 10.0. The van der Waals surface area contributed by atoms with Crippen molar-refractivity contribution in [2.45, 2.75) is 38.4 Å². The monoisotopic (exact) mass is 494 g/mol. The normalized spacial score (nSPS) is 14.9. The van der Waals surface area contributed by atoms with Crippen molar-refractivity contribution in [3.05, 3.63) is 103 Å². The maximum atomic E-state index is 13.7. The molecular weight excluding hydrogens is 455 g/mol. The molecule has 1 unspecified atom stereocenters. The molecule has 3 rings (SSSR count). The zero-order valence-corrected chi connectivity index (χ0v) is 22.1. The van der Waals surface area contributed by atoms with Gasteiger partial charge < -0.3 is 10.6 Å². The molecule has 0 fully saturated rings. The quantitative estimate of drug-likeness (QED) is 0.200. The van der Waals surface area contributed by atoms with Gasteiger partial charge in [0.2, 0.25) is 0 Å². The smallest absolute Gasteiger partial charge is 0.164 e. The molecule has 1 atom stereocenters. The number of nitrogens with one attached hydrogen (secondary N) is 2. The lowest BCUT2D eigenvalue weighted by Crippen LogP contribution is -2.21. The highest BCUT2D eigenvalue weighted by molar-refractivity contribution is 8.00. The van der Waals surface area contributed by atoms with Crippen LogP contribution in [0, 0.1) is 19.7 Å². The fraction of sp³-hybridized carbons (Fsp3) is 0.345. The zero-order valence-electron chi connectivity index (χ0n) is 21.3. The number of benzene rings is 1. The van der Waals surface area contributed by atoms with Crippen LogP contribution >= 0.6 is 11.8 Å². The molecule has 0 saturated carbocycles. The number of hydrogen-bond donors (Lipinski definition) is 2. The Hall–Kier alpha value is -2.83. The van der Waals surface area contributed by atoms with Crippen molar-refractivity contribution in [2.75, 3.05) is 25.9 Å². The summed E-state index contributed by atoms with van der Waals surface area (Å²) >= 11 is 1.94. The van der Waals surface area contributed by atoms with Crippen molar-refractivity contribution < 1.29 is 4.39 Å². The number of allylic oxidation sites excluding steroid dienone is 5. The highest BCUT2D eigenvalue weighted by Crippen LogP contribution is 2.21. The standard InChI is InChI=1S/C20H27FN4.C9H12S/c1-15-9-5-6-10-18(15)16(2)13-20(23-12-8-7-11-22-4)25-17(3)19(21)14-24-25;1-2-8-10-9-6-4-3-5-7-9/h5-6,9-10,13-14,22-23H,2,7-8,11-12H2,1,3-4H3;2-6,9H,1,7-8H2/b20-13-;. The van der Waals surface area contributed by atoms with Gasteiger partial charge in [0.05, 0.1) is 11.9 Å². The van der Waals surface area contributed by atoms with Crippen molar-refractivity contribution >= 4 is 23.2 Å². The predicted octanol–water partition coefficient (Wildman–Crippen LogP) is 6.53. The average molecular weight is 495 g/mol. The molecule has 1 aliphatic carbocycles. The van der Waals surface area contributed by atoms with Gasteiger partial charge in [-0.25, -0.2) is 9.07 Å². The second-order valence-corrected chi connectivity index (χ2v) is 9.58. The van der Waals surface area contributed by atoms with Crippen LogP contribution in [0.1, 0.15) is 36.1 Å². The van der Waals surface area contributed by atoms with Gasteiger partial charge in [-0.15, -0.1) is 18.3 Å². The van der Waals surface area contributed by atoms with Crippen LogP contribution < -0.4 is 10.6 Å². The van der Waals surface area contributed by atoms with Gasteiger partial charge in [0, 0.05) is 17.5 Å². The first kappa shape index (κ1) is 28.4. The molecule has 1 heterocycles. The van der Waals surface area contributed by atoms with Crippen LogP contribution in [0.3, 0.4) is 0 Å². The van der Waals surface area contributed by atoms with Crippen LogP contribution in [-0.4, -0.2) is 40.9 Å². The van der Waals surface area contributed by atoms with Crippen LogP contribution in [0.4, 0.5) is 4.39 Å². The Labute approximate surface area is 214 Å². The van der Waals surface area contributed by atoms with Crippen LogP contribution in [0.2, 0.25) is 0 Å². The molecule has 0 amide bonds. The summed E-state index contributed by atoms with van der Waals surface area (Å²) in [7, 11) is 1.95. The number of unbranched alkanes of at least 4 members (excludes halogenated alkanes) is 1. The first-order chi connectivity index (χ1) is 17.0. The lowest BCUT2D eigenvalue weighted by molar-refractivity contribution is 0.612. The second kappa shape index (κ2) is 16.0. The largest absolute Gasteiger partial charge is 0.370 e. The highest BCUT2D eigenvalue weighted by atomic mass is 32.2. The first-order valence-corrected chi connectivity index (χ1v) is 13.1. The molecule has 4 nitrogen and oxygen atoms in total. The fourth-order valence-corrected chi connectivity index (χ4v) is 4.34. The Morgan fingerprint density at radius 1 is 1.23 bits per heavy atom. The van der Waals surface area contributed by atoms with Crippen molar-refractivity contribution in [1.82, 2.24) is 20.4 Å². The van der Waals surface area contributed by atoms with E-state index in [-0.39, 0.29) is 5.82 Å². The minimum atomic E-state index is -0.315. The summed E-state index contributed by atoms with van der Waals surface area (Å²) in [6, 6.07) is 8.09. The SMILES string of the molecule is C=C(/C=C(/NCCCCNC)n1ncc(F)c1C)c1ccccc1C.C=CCSC1C=CC=CC1. The molecular formula is C29H39FN4S. The molecule has 0 bridgehead atoms. The number of hydrogen-bond acceptors (Lipinski definition) is 4. The maximum Gasteiger partial charge on any atom is 0.164 e. The lowest BCUT2D eigenvalue weighted by Gasteiger charge is -2.14. The van der Waals surface area contributed by atoms with Crippen LogP contribution in [0.25, 0.3) is 11.4 Å². The van der Waals surface area contributed by atoms with Crippen molar-refractivity contribution in [3.63, 3.8) is 0 Å². The van der Waals surface area contributed by atoms with E-state index in [1.165, 1.54) is 12.6 Å². The van der Waals surface area contributed by atoms with Crippen molar-refractivity contribution in [1.29, 1.82) is 0 Å². The minimum absolute atomic E-state index is 0.315. The van der Waals surface area contributed by atoms with E-state index in [9.17, 15) is 4.39 Å². The van der Waals surface area contributed by atoms with Gasteiger partial charge in [-0.1, -0.05) is 61.2 Å². The summed E-state index contributed by atoms with van der Waals surface area (Å²) in [6.45, 7) is 13.4. The van der Waals surface area contributed by atoms with Gasteiger partial charge in [-0.3, -0.25) is 0 Å². The van der Waals surface area contributed by atoms with Crippen LogP contribution in [0.5, 0.6) is 0 Å². The molecule has 1 aliphatic rings. The van der Waals surface area contributed by atoms with E-state index >= 15 is 0 Å². The molecule has 0 aliphatic heterocycles. The average Bonchev–Trinajstić information content (AvgIpc) is 3.21. The second-order valence-electron chi connectivity index (χ2n) is 8.31. The summed E-state index contributed by atoms with van der Waals surface area (Å²) in [6.07, 6.45) is 17.1. The summed E-state index contributed by atoms with van der Waals surface area (Å²) in [5.74, 6) is 1.48. The third kappa shape index (κ3) is 9.74.